The van der Waals surface area contributed by atoms with E-state index in [0.717, 1.165) is 11.3 Å². The number of hydrogen-bond acceptors (Lipinski definition) is 2. The Labute approximate surface area is 126 Å². The number of hydrogen-bond donors (Lipinski definition) is 1. The average Bonchev–Trinajstić information content (AvgIpc) is 2.41. The Bertz CT molecular complexity index is 714. The first-order valence-corrected chi connectivity index (χ1v) is 7.37. The summed E-state index contributed by atoms with van der Waals surface area (Å²) in [4.78, 5) is 12.7. The van der Waals surface area contributed by atoms with Crippen LogP contribution >= 0.6 is 0 Å². The number of aromatic nitrogens is 1. The molecule has 21 heavy (non-hydrogen) atoms. The van der Waals surface area contributed by atoms with Gasteiger partial charge < -0.3 is 10.3 Å². The van der Waals surface area contributed by atoms with Crippen LogP contribution in [0.1, 0.15) is 53.9 Å². The van der Waals surface area contributed by atoms with Gasteiger partial charge in [-0.25, -0.2) is 0 Å². The van der Waals surface area contributed by atoms with Crippen molar-refractivity contribution in [3.8, 4) is 0 Å². The second-order valence-electron chi connectivity index (χ2n) is 6.02. The fraction of sp³-hybridized carbons (Fsp3) is 0.389. The molecule has 0 saturated heterocycles. The lowest BCUT2D eigenvalue weighted by Crippen LogP contribution is -2.31. The first kappa shape index (κ1) is 15.5. The highest BCUT2D eigenvalue weighted by Crippen LogP contribution is 2.20. The summed E-state index contributed by atoms with van der Waals surface area (Å²) >= 11 is 0. The zero-order chi connectivity index (χ0) is 15.7. The summed E-state index contributed by atoms with van der Waals surface area (Å²) < 4.78 is 1.80. The molecule has 112 valence electrons. The molecule has 2 N–H and O–H groups in total. The van der Waals surface area contributed by atoms with Gasteiger partial charge in [0.1, 0.15) is 0 Å². The van der Waals surface area contributed by atoms with Gasteiger partial charge in [0, 0.05) is 17.3 Å². The van der Waals surface area contributed by atoms with Crippen molar-refractivity contribution in [2.24, 2.45) is 5.73 Å². The van der Waals surface area contributed by atoms with Crippen molar-refractivity contribution in [3.63, 3.8) is 0 Å². The van der Waals surface area contributed by atoms with Crippen molar-refractivity contribution in [2.45, 2.75) is 46.7 Å². The lowest BCUT2D eigenvalue weighted by molar-refractivity contribution is 0.555. The molecule has 1 aromatic carbocycles. The minimum atomic E-state index is -0.387. The summed E-state index contributed by atoms with van der Waals surface area (Å²) in [7, 11) is 0. The Hall–Kier alpha value is -1.87. The van der Waals surface area contributed by atoms with E-state index >= 15 is 0 Å². The van der Waals surface area contributed by atoms with Crippen LogP contribution < -0.4 is 11.3 Å². The van der Waals surface area contributed by atoms with Gasteiger partial charge in [-0.3, -0.25) is 4.79 Å². The van der Waals surface area contributed by atoms with E-state index in [9.17, 15) is 4.79 Å². The second kappa shape index (κ2) is 5.86. The molecule has 0 saturated carbocycles. The lowest BCUT2D eigenvalue weighted by atomic mass is 9.97. The van der Waals surface area contributed by atoms with Crippen LogP contribution in [-0.4, -0.2) is 4.57 Å². The number of pyridine rings is 1. The van der Waals surface area contributed by atoms with Crippen molar-refractivity contribution in [2.75, 3.05) is 0 Å². The third-order valence-electron chi connectivity index (χ3n) is 4.09. The molecule has 3 heteroatoms. The van der Waals surface area contributed by atoms with Crippen LogP contribution in [-0.2, 0) is 0 Å². The predicted molar refractivity (Wildman–Crippen MR) is 87.8 cm³/mol. The molecule has 0 spiro atoms. The smallest absolute Gasteiger partial charge is 0.256 e. The van der Waals surface area contributed by atoms with Gasteiger partial charge in [-0.15, -0.1) is 0 Å². The highest BCUT2D eigenvalue weighted by Gasteiger charge is 2.16. The number of nitrogens with two attached hydrogens (primary N) is 1. The fourth-order valence-electron chi connectivity index (χ4n) is 2.68. The molecule has 1 heterocycles. The van der Waals surface area contributed by atoms with E-state index in [0.29, 0.717) is 5.56 Å². The van der Waals surface area contributed by atoms with Gasteiger partial charge >= 0.3 is 0 Å². The maximum Gasteiger partial charge on any atom is 0.256 e. The molecule has 0 aliphatic rings. The highest BCUT2D eigenvalue weighted by molar-refractivity contribution is 5.36. The second-order valence-corrected chi connectivity index (χ2v) is 6.02. The number of benzene rings is 1. The van der Waals surface area contributed by atoms with Gasteiger partial charge in [0.25, 0.3) is 5.56 Å². The third kappa shape index (κ3) is 2.93. The molecular formula is C18H24N2O. The molecular weight excluding hydrogens is 260 g/mol. The largest absolute Gasteiger partial charge is 0.320 e. The Morgan fingerprint density at radius 2 is 1.67 bits per heavy atom. The van der Waals surface area contributed by atoms with E-state index in [1.165, 1.54) is 11.1 Å². The molecule has 2 aromatic rings. The van der Waals surface area contributed by atoms with Crippen LogP contribution in [0.4, 0.5) is 0 Å². The molecule has 0 aliphatic carbocycles. The normalized spacial score (nSPS) is 12.7. The highest BCUT2D eigenvalue weighted by atomic mass is 16.1. The van der Waals surface area contributed by atoms with Crippen molar-refractivity contribution in [1.82, 2.24) is 4.57 Å². The summed E-state index contributed by atoms with van der Waals surface area (Å²) in [6, 6.07) is 9.70. The van der Waals surface area contributed by atoms with Crippen molar-refractivity contribution >= 4 is 0 Å². The van der Waals surface area contributed by atoms with Crippen molar-refractivity contribution in [1.29, 1.82) is 0 Å². The average molecular weight is 284 g/mol. The Morgan fingerprint density at radius 1 is 1.00 bits per heavy atom. The lowest BCUT2D eigenvalue weighted by Gasteiger charge is -2.19. The molecule has 2 rings (SSSR count). The quantitative estimate of drug-likeness (QED) is 0.939. The number of nitrogens with zero attached hydrogens (tertiary/aromatic N) is 1. The third-order valence-corrected chi connectivity index (χ3v) is 4.09. The van der Waals surface area contributed by atoms with Crippen LogP contribution in [0.15, 0.2) is 35.1 Å². The monoisotopic (exact) mass is 284 g/mol. The summed E-state index contributed by atoms with van der Waals surface area (Å²) in [6.45, 7) is 10.1. The van der Waals surface area contributed by atoms with Crippen LogP contribution in [0.3, 0.4) is 0 Å². The van der Waals surface area contributed by atoms with Gasteiger partial charge in [-0.2, -0.15) is 0 Å². The molecule has 1 aromatic heterocycles. The van der Waals surface area contributed by atoms with Crippen molar-refractivity contribution < 1.29 is 0 Å². The van der Waals surface area contributed by atoms with Gasteiger partial charge in [0.2, 0.25) is 0 Å². The Morgan fingerprint density at radius 3 is 2.24 bits per heavy atom. The SMILES string of the molecule is Cc1ccc(C(N)c2ccc(C)n(C(C)C)c2=O)cc1C. The maximum absolute atomic E-state index is 12.7. The number of rotatable bonds is 3. The van der Waals surface area contributed by atoms with E-state index in [2.05, 4.69) is 26.0 Å². The summed E-state index contributed by atoms with van der Waals surface area (Å²) in [6.07, 6.45) is 0. The van der Waals surface area contributed by atoms with Gasteiger partial charge in [0.05, 0.1) is 6.04 Å². The van der Waals surface area contributed by atoms with Crippen LogP contribution in [0.5, 0.6) is 0 Å². The molecule has 1 atom stereocenters. The minimum Gasteiger partial charge on any atom is -0.320 e. The van der Waals surface area contributed by atoms with E-state index in [4.69, 9.17) is 5.73 Å². The number of aryl methyl sites for hydroxylation is 3. The molecule has 0 bridgehead atoms. The summed E-state index contributed by atoms with van der Waals surface area (Å²) in [5, 5.41) is 0. The molecule has 1 unspecified atom stereocenters. The zero-order valence-electron chi connectivity index (χ0n) is 13.5. The van der Waals surface area contributed by atoms with Gasteiger partial charge in [0.15, 0.2) is 0 Å². The first-order valence-electron chi connectivity index (χ1n) is 7.37. The molecule has 0 radical (unpaired) electrons. The molecule has 0 aliphatic heterocycles. The van der Waals surface area contributed by atoms with Crippen LogP contribution in [0.2, 0.25) is 0 Å². The van der Waals surface area contributed by atoms with Gasteiger partial charge in [-0.05, 0) is 63.4 Å². The zero-order valence-corrected chi connectivity index (χ0v) is 13.5. The summed E-state index contributed by atoms with van der Waals surface area (Å²) in [5.41, 5.74) is 11.4. The first-order chi connectivity index (χ1) is 9.82. The van der Waals surface area contributed by atoms with E-state index in [1.54, 1.807) is 4.57 Å². The van der Waals surface area contributed by atoms with Crippen LogP contribution in [0.25, 0.3) is 0 Å². The minimum absolute atomic E-state index is 0.00993. The maximum atomic E-state index is 12.7. The topological polar surface area (TPSA) is 48.0 Å². The van der Waals surface area contributed by atoms with Crippen molar-refractivity contribution in [3.05, 3.63) is 68.6 Å². The van der Waals surface area contributed by atoms with Gasteiger partial charge in [-0.1, -0.05) is 18.2 Å². The Balaban J connectivity index is 2.53. The molecule has 0 fully saturated rings. The van der Waals surface area contributed by atoms with E-state index < -0.39 is 0 Å². The molecule has 0 amide bonds. The Kier molecular flexibility index (Phi) is 4.33. The predicted octanol–water partition coefficient (Wildman–Crippen LogP) is 3.40. The summed E-state index contributed by atoms with van der Waals surface area (Å²) in [5.74, 6) is 0. The van der Waals surface area contributed by atoms with Crippen LogP contribution in [0, 0.1) is 20.8 Å². The standard InChI is InChI=1S/C18H24N2O/c1-11(2)20-14(5)7-9-16(18(20)21)17(19)15-8-6-12(3)13(4)10-15/h6-11,17H,19H2,1-5H3. The molecule has 3 nitrogen and oxygen atoms in total. The van der Waals surface area contributed by atoms with E-state index in [1.807, 2.05) is 39.0 Å². The fourth-order valence-corrected chi connectivity index (χ4v) is 2.68. The van der Waals surface area contributed by atoms with E-state index in [-0.39, 0.29) is 17.6 Å².